The van der Waals surface area contributed by atoms with E-state index >= 15 is 0 Å². The van der Waals surface area contributed by atoms with Gasteiger partial charge in [0.1, 0.15) is 0 Å². The van der Waals surface area contributed by atoms with Gasteiger partial charge in [-0.25, -0.2) is 14.4 Å². The Morgan fingerprint density at radius 3 is 2.11 bits per heavy atom. The molecule has 0 aromatic carbocycles. The summed E-state index contributed by atoms with van der Waals surface area (Å²) in [6.45, 7) is 6.36. The molecule has 18 heavy (non-hydrogen) atoms. The monoisotopic (exact) mass is 304 g/mol. The molecule has 2 nitrogen and oxygen atoms in total. The van der Waals surface area contributed by atoms with Gasteiger partial charge in [-0.3, -0.25) is 0 Å². The quantitative estimate of drug-likeness (QED) is 0.697. The van der Waals surface area contributed by atoms with Crippen LogP contribution in [-0.4, -0.2) is 9.97 Å². The molecule has 0 amide bonds. The van der Waals surface area contributed by atoms with E-state index in [2.05, 4.69) is 30.7 Å². The van der Waals surface area contributed by atoms with Crippen LogP contribution in [0, 0.1) is 5.82 Å². The Kier molecular flexibility index (Phi) is 3.63. The summed E-state index contributed by atoms with van der Waals surface area (Å²) in [5.74, 6) is -0.429. The van der Waals surface area contributed by atoms with E-state index in [9.17, 15) is 4.39 Å². The number of aromatic nitrogens is 2. The van der Waals surface area contributed by atoms with Crippen molar-refractivity contribution in [2.24, 2.45) is 0 Å². The third kappa shape index (κ3) is 2.66. The zero-order chi connectivity index (χ0) is 13.5. The lowest BCUT2D eigenvalue weighted by atomic mass is 9.95. The summed E-state index contributed by atoms with van der Waals surface area (Å²) in [6.07, 6.45) is 0. The summed E-state index contributed by atoms with van der Waals surface area (Å²) in [7, 11) is 0. The number of hydrogen-bond donors (Lipinski definition) is 0. The summed E-state index contributed by atoms with van der Waals surface area (Å²) in [6, 6.07) is 3.90. The molecule has 6 heteroatoms. The fourth-order valence-corrected chi connectivity index (χ4v) is 2.75. The second-order valence-electron chi connectivity index (χ2n) is 4.86. The van der Waals surface area contributed by atoms with E-state index in [1.807, 2.05) is 12.1 Å². The lowest BCUT2D eigenvalue weighted by molar-refractivity contribution is 0.604. The maximum atomic E-state index is 13.2. The maximum Gasteiger partial charge on any atom is 0.197 e. The van der Waals surface area contributed by atoms with E-state index < -0.39 is 5.82 Å². The molecule has 0 aliphatic rings. The van der Waals surface area contributed by atoms with Crippen molar-refractivity contribution in [1.29, 1.82) is 0 Å². The summed E-state index contributed by atoms with van der Waals surface area (Å²) in [5, 5.41) is -0.508. The van der Waals surface area contributed by atoms with Crippen LogP contribution in [0.4, 0.5) is 4.39 Å². The average Bonchev–Trinajstić information content (AvgIpc) is 2.73. The Morgan fingerprint density at radius 2 is 1.67 bits per heavy atom. The molecular formula is C12H11Cl2FN2S. The highest BCUT2D eigenvalue weighted by atomic mass is 35.5. The van der Waals surface area contributed by atoms with Crippen molar-refractivity contribution in [1.82, 2.24) is 9.97 Å². The highest BCUT2D eigenvalue weighted by molar-refractivity contribution is 7.15. The van der Waals surface area contributed by atoms with Gasteiger partial charge >= 0.3 is 0 Å². The second kappa shape index (κ2) is 4.76. The number of nitrogens with zero attached hydrogens (tertiary/aromatic N) is 2. The predicted molar refractivity (Wildman–Crippen MR) is 74.0 cm³/mol. The Hall–Kier alpha value is -0.710. The molecule has 0 bridgehead atoms. The molecule has 0 aliphatic heterocycles. The van der Waals surface area contributed by atoms with Crippen LogP contribution in [0.15, 0.2) is 12.1 Å². The Balaban J connectivity index is 2.47. The van der Waals surface area contributed by atoms with Crippen molar-refractivity contribution in [3.63, 3.8) is 0 Å². The van der Waals surface area contributed by atoms with Gasteiger partial charge in [0.05, 0.1) is 4.88 Å². The van der Waals surface area contributed by atoms with Crippen LogP contribution in [0.3, 0.4) is 0 Å². The number of halogens is 3. The molecule has 2 rings (SSSR count). The highest BCUT2D eigenvalue weighted by Crippen LogP contribution is 2.34. The van der Waals surface area contributed by atoms with Gasteiger partial charge in [0, 0.05) is 4.88 Å². The lowest BCUT2D eigenvalue weighted by Crippen LogP contribution is -2.07. The summed E-state index contributed by atoms with van der Waals surface area (Å²) >= 11 is 12.9. The summed E-state index contributed by atoms with van der Waals surface area (Å²) in [4.78, 5) is 9.82. The average molecular weight is 305 g/mol. The first-order chi connectivity index (χ1) is 8.29. The summed E-state index contributed by atoms with van der Waals surface area (Å²) in [5.41, 5.74) is 0.0521. The topological polar surface area (TPSA) is 25.8 Å². The first-order valence-electron chi connectivity index (χ1n) is 5.28. The molecule has 0 radical (unpaired) electrons. The van der Waals surface area contributed by atoms with E-state index in [1.165, 1.54) is 4.88 Å². The van der Waals surface area contributed by atoms with E-state index in [0.717, 1.165) is 4.88 Å². The van der Waals surface area contributed by atoms with Gasteiger partial charge in [-0.2, -0.15) is 0 Å². The Labute approximate surface area is 119 Å². The van der Waals surface area contributed by atoms with Crippen molar-refractivity contribution in [3.05, 3.63) is 33.1 Å². The molecule has 0 saturated carbocycles. The normalized spacial score (nSPS) is 11.9. The zero-order valence-corrected chi connectivity index (χ0v) is 12.4. The minimum atomic E-state index is -0.783. The van der Waals surface area contributed by atoms with Crippen LogP contribution in [-0.2, 0) is 5.41 Å². The second-order valence-corrected chi connectivity index (χ2v) is 6.66. The fraction of sp³-hybridized carbons (Fsp3) is 0.333. The largest absolute Gasteiger partial charge is 0.212 e. The van der Waals surface area contributed by atoms with E-state index in [-0.39, 0.29) is 15.7 Å². The molecule has 96 valence electrons. The Bertz CT molecular complexity index is 567. The predicted octanol–water partition coefficient (Wildman–Crippen LogP) is 4.95. The van der Waals surface area contributed by atoms with Crippen LogP contribution in [0.5, 0.6) is 0 Å². The fourth-order valence-electron chi connectivity index (χ4n) is 1.37. The molecule has 0 fully saturated rings. The van der Waals surface area contributed by atoms with Crippen LogP contribution in [0.1, 0.15) is 25.6 Å². The molecule has 0 spiro atoms. The van der Waals surface area contributed by atoms with Crippen molar-refractivity contribution in [2.75, 3.05) is 0 Å². The molecule has 0 atom stereocenters. The molecule has 0 aliphatic carbocycles. The molecule has 0 unspecified atom stereocenters. The number of hydrogen-bond acceptors (Lipinski definition) is 3. The van der Waals surface area contributed by atoms with Crippen LogP contribution >= 0.6 is 34.5 Å². The number of thiophene rings is 1. The van der Waals surface area contributed by atoms with Crippen molar-refractivity contribution < 1.29 is 4.39 Å². The van der Waals surface area contributed by atoms with E-state index in [0.29, 0.717) is 5.82 Å². The van der Waals surface area contributed by atoms with E-state index in [4.69, 9.17) is 23.2 Å². The maximum absolute atomic E-state index is 13.2. The molecular weight excluding hydrogens is 294 g/mol. The Morgan fingerprint density at radius 1 is 1.11 bits per heavy atom. The van der Waals surface area contributed by atoms with Gasteiger partial charge in [0.2, 0.25) is 0 Å². The molecule has 0 saturated heterocycles. The molecule has 2 heterocycles. The smallest absolute Gasteiger partial charge is 0.197 e. The highest BCUT2D eigenvalue weighted by Gasteiger charge is 2.19. The SMILES string of the molecule is CC(C)(C)c1ccc(-c2nc(Cl)c(F)c(Cl)n2)s1. The molecule has 2 aromatic heterocycles. The standard InChI is InChI=1S/C12H11Cl2FN2S/c1-12(2,3)7-5-4-6(18-7)11-16-9(13)8(15)10(14)17-11/h4-5H,1-3H3. The van der Waals surface area contributed by atoms with Gasteiger partial charge in [-0.05, 0) is 17.5 Å². The first kappa shape index (κ1) is 13.7. The third-order valence-corrected chi connectivity index (χ3v) is 4.34. The van der Waals surface area contributed by atoms with Gasteiger partial charge in [0.25, 0.3) is 0 Å². The minimum Gasteiger partial charge on any atom is -0.212 e. The van der Waals surface area contributed by atoms with Gasteiger partial charge in [-0.1, -0.05) is 44.0 Å². The van der Waals surface area contributed by atoms with Crippen molar-refractivity contribution in [2.45, 2.75) is 26.2 Å². The minimum absolute atomic E-state index is 0.0521. The third-order valence-electron chi connectivity index (χ3n) is 2.34. The van der Waals surface area contributed by atoms with Gasteiger partial charge in [-0.15, -0.1) is 11.3 Å². The first-order valence-corrected chi connectivity index (χ1v) is 6.85. The van der Waals surface area contributed by atoms with Crippen LogP contribution in [0.25, 0.3) is 10.7 Å². The number of rotatable bonds is 1. The van der Waals surface area contributed by atoms with Crippen LogP contribution < -0.4 is 0 Å². The zero-order valence-electron chi connectivity index (χ0n) is 10.1. The van der Waals surface area contributed by atoms with Gasteiger partial charge in [0.15, 0.2) is 21.9 Å². The lowest BCUT2D eigenvalue weighted by Gasteiger charge is -2.15. The van der Waals surface area contributed by atoms with Crippen LogP contribution in [0.2, 0.25) is 10.3 Å². The van der Waals surface area contributed by atoms with Gasteiger partial charge < -0.3 is 0 Å². The van der Waals surface area contributed by atoms with Crippen molar-refractivity contribution >= 4 is 34.5 Å². The van der Waals surface area contributed by atoms with E-state index in [1.54, 1.807) is 11.3 Å². The van der Waals surface area contributed by atoms with Crippen molar-refractivity contribution in [3.8, 4) is 10.7 Å². The molecule has 2 aromatic rings. The molecule has 0 N–H and O–H groups in total. The summed E-state index contributed by atoms with van der Waals surface area (Å²) < 4.78 is 13.2.